The number of ether oxygens (including phenoxy) is 1. The molecule has 9 heteroatoms. The van der Waals surface area contributed by atoms with Crippen LogP contribution < -0.4 is 20.7 Å². The van der Waals surface area contributed by atoms with Crippen LogP contribution in [0, 0.1) is 5.92 Å². The topological polar surface area (TPSA) is 88.4 Å². The van der Waals surface area contributed by atoms with Gasteiger partial charge in [0.15, 0.2) is 0 Å². The van der Waals surface area contributed by atoms with Crippen molar-refractivity contribution in [3.8, 4) is 0 Å². The number of aromatic nitrogens is 4. The first-order chi connectivity index (χ1) is 17.2. The van der Waals surface area contributed by atoms with Gasteiger partial charge in [-0.05, 0) is 50.5 Å². The van der Waals surface area contributed by atoms with E-state index >= 15 is 0 Å². The predicted octanol–water partition coefficient (Wildman–Crippen LogP) is 2.80. The average Bonchev–Trinajstić information content (AvgIpc) is 2.90. The molecule has 0 saturated carbocycles. The fourth-order valence-electron chi connectivity index (χ4n) is 6.01. The number of morpholine rings is 1. The van der Waals surface area contributed by atoms with E-state index in [-0.39, 0.29) is 5.56 Å². The molecular formula is C26H35N7O2. The van der Waals surface area contributed by atoms with Crippen LogP contribution in [0.15, 0.2) is 34.6 Å². The van der Waals surface area contributed by atoms with E-state index in [2.05, 4.69) is 27.3 Å². The molecule has 1 N–H and O–H groups in total. The summed E-state index contributed by atoms with van der Waals surface area (Å²) in [7, 11) is 0. The van der Waals surface area contributed by atoms with Crippen molar-refractivity contribution < 1.29 is 4.74 Å². The molecule has 0 aromatic carbocycles. The highest BCUT2D eigenvalue weighted by Crippen LogP contribution is 2.36. The molecule has 1 aliphatic carbocycles. The van der Waals surface area contributed by atoms with Gasteiger partial charge in [-0.2, -0.15) is 15.0 Å². The number of anilines is 3. The van der Waals surface area contributed by atoms with Crippen LogP contribution in [0.25, 0.3) is 0 Å². The highest BCUT2D eigenvalue weighted by atomic mass is 16.5. The highest BCUT2D eigenvalue weighted by Gasteiger charge is 2.36. The third-order valence-electron chi connectivity index (χ3n) is 7.78. The van der Waals surface area contributed by atoms with Crippen molar-refractivity contribution >= 4 is 17.8 Å². The van der Waals surface area contributed by atoms with Crippen LogP contribution in [-0.4, -0.2) is 65.5 Å². The summed E-state index contributed by atoms with van der Waals surface area (Å²) >= 11 is 0. The third kappa shape index (κ3) is 4.91. The second kappa shape index (κ2) is 9.97. The number of fused-ring (bicyclic) bond motifs is 4. The number of nitrogens with zero attached hydrogens (tertiary/aromatic N) is 6. The molecule has 5 heterocycles. The van der Waals surface area contributed by atoms with E-state index in [1.807, 2.05) is 10.6 Å². The molecule has 2 aromatic heterocycles. The zero-order valence-electron chi connectivity index (χ0n) is 20.4. The van der Waals surface area contributed by atoms with Gasteiger partial charge in [-0.15, -0.1) is 0 Å². The highest BCUT2D eigenvalue weighted by molar-refractivity contribution is 5.46. The van der Waals surface area contributed by atoms with E-state index < -0.39 is 0 Å². The molecule has 2 aromatic rings. The minimum atomic E-state index is 0.111. The number of hydrogen-bond acceptors (Lipinski definition) is 8. The van der Waals surface area contributed by atoms with Crippen LogP contribution in [0.1, 0.15) is 50.1 Å². The number of nitrogens with one attached hydrogen (secondary N) is 1. The maximum absolute atomic E-state index is 12.4. The quantitative estimate of drug-likeness (QED) is 0.636. The molecule has 0 radical (unpaired) electrons. The molecule has 2 fully saturated rings. The van der Waals surface area contributed by atoms with Crippen molar-refractivity contribution in [3.63, 3.8) is 0 Å². The number of allylic oxidation sites excluding steroid dienone is 1. The van der Waals surface area contributed by atoms with Crippen molar-refractivity contribution in [2.75, 3.05) is 61.1 Å². The molecular weight excluding hydrogens is 442 g/mol. The molecule has 3 aliphatic heterocycles. The number of hydrogen-bond donors (Lipinski definition) is 1. The van der Waals surface area contributed by atoms with Gasteiger partial charge in [-0.3, -0.25) is 4.79 Å². The van der Waals surface area contributed by atoms with Crippen molar-refractivity contribution in [2.24, 2.45) is 5.92 Å². The lowest BCUT2D eigenvalue weighted by Crippen LogP contribution is -2.48. The summed E-state index contributed by atoms with van der Waals surface area (Å²) in [6, 6.07) is 5.66. The van der Waals surface area contributed by atoms with Crippen LogP contribution in [0.3, 0.4) is 0 Å². The lowest BCUT2D eigenvalue weighted by molar-refractivity contribution is 0.122. The monoisotopic (exact) mass is 477 g/mol. The SMILES string of the molecule is O=c1cccc2n1CC1CC2CN(c2nc(NCCC3=CCCCC3)nc(N3CCOCC3)n2)C1. The van der Waals surface area contributed by atoms with Gasteiger partial charge in [0.1, 0.15) is 0 Å². The Labute approximate surface area is 206 Å². The number of pyridine rings is 1. The van der Waals surface area contributed by atoms with Gasteiger partial charge >= 0.3 is 0 Å². The molecule has 9 nitrogen and oxygen atoms in total. The first-order valence-electron chi connectivity index (χ1n) is 13.2. The first kappa shape index (κ1) is 22.5. The second-order valence-electron chi connectivity index (χ2n) is 10.2. The Hall–Kier alpha value is -2.94. The van der Waals surface area contributed by atoms with Crippen molar-refractivity contribution in [2.45, 2.75) is 51.0 Å². The van der Waals surface area contributed by atoms with Gasteiger partial charge in [0.05, 0.1) is 13.2 Å². The largest absolute Gasteiger partial charge is 0.378 e. The first-order valence-corrected chi connectivity index (χ1v) is 13.2. The molecule has 2 saturated heterocycles. The van der Waals surface area contributed by atoms with E-state index in [0.29, 0.717) is 31.0 Å². The standard InChI is InChI=1S/C26H35N7O2/c34-23-8-4-7-22-21-15-20(17-33(22)23)16-32(18-21)26-29-24(27-10-9-19-5-2-1-3-6-19)28-25(30-26)31-11-13-35-14-12-31/h4-5,7-8,20-21H,1-3,6,9-18H2,(H,27,28,29,30). The van der Waals surface area contributed by atoms with Crippen LogP contribution in [0.2, 0.25) is 0 Å². The molecule has 2 bridgehead atoms. The minimum absolute atomic E-state index is 0.111. The van der Waals surface area contributed by atoms with Gasteiger partial charge in [-0.25, -0.2) is 0 Å². The fraction of sp³-hybridized carbons (Fsp3) is 0.615. The molecule has 2 unspecified atom stereocenters. The Kier molecular flexibility index (Phi) is 6.41. The van der Waals surface area contributed by atoms with Gasteiger partial charge in [0, 0.05) is 56.9 Å². The van der Waals surface area contributed by atoms with E-state index in [0.717, 1.165) is 69.7 Å². The summed E-state index contributed by atoms with van der Waals surface area (Å²) < 4.78 is 7.52. The van der Waals surface area contributed by atoms with Crippen molar-refractivity contribution in [1.82, 2.24) is 19.5 Å². The normalized spacial score (nSPS) is 24.1. The average molecular weight is 478 g/mol. The van der Waals surface area contributed by atoms with Crippen LogP contribution in [0.5, 0.6) is 0 Å². The minimum Gasteiger partial charge on any atom is -0.378 e. The predicted molar refractivity (Wildman–Crippen MR) is 136 cm³/mol. The van der Waals surface area contributed by atoms with Crippen molar-refractivity contribution in [1.29, 1.82) is 0 Å². The van der Waals surface area contributed by atoms with E-state index in [9.17, 15) is 4.79 Å². The van der Waals surface area contributed by atoms with E-state index in [1.54, 1.807) is 11.6 Å². The molecule has 35 heavy (non-hydrogen) atoms. The smallest absolute Gasteiger partial charge is 0.250 e. The molecule has 0 amide bonds. The maximum atomic E-state index is 12.4. The lowest BCUT2D eigenvalue weighted by Gasteiger charge is -2.42. The molecule has 0 spiro atoms. The molecule has 4 aliphatic rings. The Balaban J connectivity index is 1.24. The van der Waals surface area contributed by atoms with Gasteiger partial charge < -0.3 is 24.4 Å². The number of rotatable bonds is 6. The summed E-state index contributed by atoms with van der Waals surface area (Å²) in [6.07, 6.45) is 9.58. The van der Waals surface area contributed by atoms with Crippen LogP contribution >= 0.6 is 0 Å². The van der Waals surface area contributed by atoms with Crippen LogP contribution in [0.4, 0.5) is 17.8 Å². The summed E-state index contributed by atoms with van der Waals surface area (Å²) in [5, 5.41) is 3.49. The van der Waals surface area contributed by atoms with E-state index in [4.69, 9.17) is 19.7 Å². The maximum Gasteiger partial charge on any atom is 0.250 e. The molecule has 2 atom stereocenters. The van der Waals surface area contributed by atoms with Gasteiger partial charge in [-0.1, -0.05) is 17.7 Å². The zero-order valence-corrected chi connectivity index (χ0v) is 20.4. The van der Waals surface area contributed by atoms with Gasteiger partial charge in [0.25, 0.3) is 5.56 Å². The summed E-state index contributed by atoms with van der Waals surface area (Å²) in [4.78, 5) is 31.5. The molecule has 6 rings (SSSR count). The van der Waals surface area contributed by atoms with Gasteiger partial charge in [0.2, 0.25) is 17.8 Å². The summed E-state index contributed by atoms with van der Waals surface area (Å²) in [6.45, 7) is 6.24. The zero-order chi connectivity index (χ0) is 23.6. The molecule has 186 valence electrons. The Bertz CT molecular complexity index is 1140. The Morgan fingerprint density at radius 1 is 1.00 bits per heavy atom. The third-order valence-corrected chi connectivity index (χ3v) is 7.78. The summed E-state index contributed by atoms with van der Waals surface area (Å²) in [5.41, 5.74) is 2.80. The Morgan fingerprint density at radius 3 is 2.69 bits per heavy atom. The second-order valence-corrected chi connectivity index (χ2v) is 10.2. The Morgan fingerprint density at radius 2 is 1.86 bits per heavy atom. The number of piperidine rings is 1. The summed E-state index contributed by atoms with van der Waals surface area (Å²) in [5.74, 6) is 2.85. The lowest BCUT2D eigenvalue weighted by atomic mass is 9.83. The van der Waals surface area contributed by atoms with Crippen LogP contribution in [-0.2, 0) is 11.3 Å². The fourth-order valence-corrected chi connectivity index (χ4v) is 6.01. The van der Waals surface area contributed by atoms with E-state index in [1.165, 1.54) is 25.7 Å². The van der Waals surface area contributed by atoms with Crippen molar-refractivity contribution in [3.05, 3.63) is 45.9 Å².